The standard InChI is InChI=1S/C17H19N5OS/c1-3-12(4-2)16-20-21-17(24-16)19-15(23)13-6-8-14(9-7-13)22-11-5-10-18-22/h5-12H,3-4H2,1-2H3,(H,19,21,23). The van der Waals surface area contributed by atoms with Crippen molar-refractivity contribution in [3.63, 3.8) is 0 Å². The first-order valence-electron chi connectivity index (χ1n) is 7.96. The van der Waals surface area contributed by atoms with Gasteiger partial charge >= 0.3 is 0 Å². The van der Waals surface area contributed by atoms with Crippen molar-refractivity contribution in [2.75, 3.05) is 5.32 Å². The molecule has 1 N–H and O–H groups in total. The number of rotatable bonds is 6. The molecule has 0 radical (unpaired) electrons. The van der Waals surface area contributed by atoms with Crippen molar-refractivity contribution in [3.8, 4) is 5.69 Å². The van der Waals surface area contributed by atoms with Gasteiger partial charge in [0.05, 0.1) is 5.69 Å². The van der Waals surface area contributed by atoms with E-state index in [9.17, 15) is 4.79 Å². The van der Waals surface area contributed by atoms with Gasteiger partial charge in [0.2, 0.25) is 5.13 Å². The van der Waals surface area contributed by atoms with Crippen LogP contribution in [0.1, 0.15) is 48.0 Å². The number of amides is 1. The first kappa shape index (κ1) is 16.3. The third-order valence-electron chi connectivity index (χ3n) is 3.89. The monoisotopic (exact) mass is 341 g/mol. The second kappa shape index (κ2) is 7.35. The van der Waals surface area contributed by atoms with Gasteiger partial charge in [-0.1, -0.05) is 25.2 Å². The van der Waals surface area contributed by atoms with Gasteiger partial charge in [0, 0.05) is 23.9 Å². The van der Waals surface area contributed by atoms with E-state index >= 15 is 0 Å². The van der Waals surface area contributed by atoms with E-state index in [1.165, 1.54) is 11.3 Å². The fourth-order valence-corrected chi connectivity index (χ4v) is 3.45. The predicted molar refractivity (Wildman–Crippen MR) is 94.7 cm³/mol. The number of hydrogen-bond acceptors (Lipinski definition) is 5. The lowest BCUT2D eigenvalue weighted by Gasteiger charge is -2.06. The molecular weight excluding hydrogens is 322 g/mol. The third kappa shape index (κ3) is 3.51. The van der Waals surface area contributed by atoms with E-state index in [2.05, 4.69) is 34.5 Å². The molecule has 0 aliphatic heterocycles. The largest absolute Gasteiger partial charge is 0.296 e. The number of hydrogen-bond donors (Lipinski definition) is 1. The van der Waals surface area contributed by atoms with Gasteiger partial charge in [-0.3, -0.25) is 10.1 Å². The van der Waals surface area contributed by atoms with E-state index in [1.54, 1.807) is 23.0 Å². The van der Waals surface area contributed by atoms with Crippen molar-refractivity contribution in [1.29, 1.82) is 0 Å². The van der Waals surface area contributed by atoms with E-state index in [1.807, 2.05) is 24.4 Å². The zero-order valence-electron chi connectivity index (χ0n) is 13.6. The summed E-state index contributed by atoms with van der Waals surface area (Å²) >= 11 is 1.45. The maximum Gasteiger partial charge on any atom is 0.257 e. The Bertz CT molecular complexity index is 791. The summed E-state index contributed by atoms with van der Waals surface area (Å²) in [6.07, 6.45) is 5.62. The maximum absolute atomic E-state index is 12.3. The summed E-state index contributed by atoms with van der Waals surface area (Å²) in [7, 11) is 0. The number of carbonyl (C=O) groups excluding carboxylic acids is 1. The molecule has 1 amide bonds. The number of benzene rings is 1. The number of anilines is 1. The summed E-state index contributed by atoms with van der Waals surface area (Å²) in [5.41, 5.74) is 1.48. The summed E-state index contributed by atoms with van der Waals surface area (Å²) in [5.74, 6) is 0.218. The van der Waals surface area contributed by atoms with Crippen LogP contribution >= 0.6 is 11.3 Å². The molecular formula is C17H19N5OS. The fourth-order valence-electron chi connectivity index (χ4n) is 2.44. The molecule has 0 unspecified atom stereocenters. The summed E-state index contributed by atoms with van der Waals surface area (Å²) in [4.78, 5) is 12.3. The second-order valence-electron chi connectivity index (χ2n) is 5.41. The van der Waals surface area contributed by atoms with Gasteiger partial charge in [0.25, 0.3) is 5.91 Å². The van der Waals surface area contributed by atoms with Gasteiger partial charge < -0.3 is 0 Å². The zero-order chi connectivity index (χ0) is 16.9. The van der Waals surface area contributed by atoms with Crippen molar-refractivity contribution in [3.05, 3.63) is 53.3 Å². The highest BCUT2D eigenvalue weighted by Crippen LogP contribution is 2.28. The van der Waals surface area contributed by atoms with Crippen LogP contribution < -0.4 is 5.32 Å². The smallest absolute Gasteiger partial charge is 0.257 e. The molecule has 2 heterocycles. The van der Waals surface area contributed by atoms with Crippen LogP contribution in [0.2, 0.25) is 0 Å². The number of nitrogens with one attached hydrogen (secondary N) is 1. The average Bonchev–Trinajstić information content (AvgIpc) is 3.28. The lowest BCUT2D eigenvalue weighted by molar-refractivity contribution is 0.102. The molecule has 6 nitrogen and oxygen atoms in total. The van der Waals surface area contributed by atoms with Gasteiger partial charge in [-0.25, -0.2) is 4.68 Å². The van der Waals surface area contributed by atoms with Crippen LogP contribution in [0.15, 0.2) is 42.7 Å². The quantitative estimate of drug-likeness (QED) is 0.738. The minimum atomic E-state index is -0.186. The molecule has 0 atom stereocenters. The molecule has 0 aliphatic rings. The molecule has 0 aliphatic carbocycles. The SMILES string of the molecule is CCC(CC)c1nnc(NC(=O)c2ccc(-n3cccn3)cc2)s1. The van der Waals surface area contributed by atoms with Crippen LogP contribution in [0, 0.1) is 0 Å². The van der Waals surface area contributed by atoms with E-state index < -0.39 is 0 Å². The van der Waals surface area contributed by atoms with E-state index in [-0.39, 0.29) is 5.91 Å². The molecule has 0 saturated carbocycles. The minimum absolute atomic E-state index is 0.186. The van der Waals surface area contributed by atoms with Crippen LogP contribution in [0.25, 0.3) is 5.69 Å². The normalized spacial score (nSPS) is 11.0. The molecule has 1 aromatic carbocycles. The first-order valence-corrected chi connectivity index (χ1v) is 8.77. The number of aromatic nitrogens is 4. The lowest BCUT2D eigenvalue weighted by Crippen LogP contribution is -2.11. The summed E-state index contributed by atoms with van der Waals surface area (Å²) in [5, 5.41) is 16.8. The lowest BCUT2D eigenvalue weighted by atomic mass is 10.1. The summed E-state index contributed by atoms with van der Waals surface area (Å²) in [6.45, 7) is 4.27. The Kier molecular flexibility index (Phi) is 5.00. The van der Waals surface area contributed by atoms with Crippen LogP contribution in [-0.2, 0) is 0 Å². The van der Waals surface area contributed by atoms with Gasteiger partial charge in [0.15, 0.2) is 0 Å². The van der Waals surface area contributed by atoms with Crippen molar-refractivity contribution < 1.29 is 4.79 Å². The molecule has 3 rings (SSSR count). The van der Waals surface area contributed by atoms with Gasteiger partial charge in [0.1, 0.15) is 5.01 Å². The highest BCUT2D eigenvalue weighted by molar-refractivity contribution is 7.15. The molecule has 7 heteroatoms. The molecule has 124 valence electrons. The van der Waals surface area contributed by atoms with Gasteiger partial charge in [-0.05, 0) is 43.2 Å². The Morgan fingerprint density at radius 1 is 1.21 bits per heavy atom. The Morgan fingerprint density at radius 3 is 2.58 bits per heavy atom. The summed E-state index contributed by atoms with van der Waals surface area (Å²) in [6, 6.07) is 9.12. The van der Waals surface area contributed by atoms with Crippen molar-refractivity contribution in [2.24, 2.45) is 0 Å². The van der Waals surface area contributed by atoms with Gasteiger partial charge in [-0.2, -0.15) is 5.10 Å². The second-order valence-corrected chi connectivity index (χ2v) is 6.42. The molecule has 24 heavy (non-hydrogen) atoms. The molecule has 0 spiro atoms. The molecule has 0 saturated heterocycles. The minimum Gasteiger partial charge on any atom is -0.296 e. The molecule has 0 bridgehead atoms. The van der Waals surface area contributed by atoms with Gasteiger partial charge in [-0.15, -0.1) is 10.2 Å². The Labute approximate surface area is 144 Å². The van der Waals surface area contributed by atoms with Crippen LogP contribution in [0.4, 0.5) is 5.13 Å². The molecule has 0 fully saturated rings. The van der Waals surface area contributed by atoms with Crippen molar-refractivity contribution in [2.45, 2.75) is 32.6 Å². The third-order valence-corrected chi connectivity index (χ3v) is 4.90. The van der Waals surface area contributed by atoms with E-state index in [0.29, 0.717) is 16.6 Å². The number of nitrogens with zero attached hydrogens (tertiary/aromatic N) is 4. The van der Waals surface area contributed by atoms with Crippen LogP contribution in [-0.4, -0.2) is 25.9 Å². The Balaban J connectivity index is 1.69. The molecule has 2 aromatic heterocycles. The van der Waals surface area contributed by atoms with Crippen LogP contribution in [0.5, 0.6) is 0 Å². The zero-order valence-corrected chi connectivity index (χ0v) is 14.5. The Morgan fingerprint density at radius 2 is 1.96 bits per heavy atom. The topological polar surface area (TPSA) is 72.7 Å². The average molecular weight is 341 g/mol. The van der Waals surface area contributed by atoms with E-state index in [4.69, 9.17) is 0 Å². The van der Waals surface area contributed by atoms with E-state index in [0.717, 1.165) is 23.5 Å². The highest BCUT2D eigenvalue weighted by atomic mass is 32.1. The fraction of sp³-hybridized carbons (Fsp3) is 0.294. The van der Waals surface area contributed by atoms with Crippen molar-refractivity contribution >= 4 is 22.4 Å². The predicted octanol–water partition coefficient (Wildman–Crippen LogP) is 3.88. The first-order chi connectivity index (χ1) is 11.7. The highest BCUT2D eigenvalue weighted by Gasteiger charge is 2.15. The van der Waals surface area contributed by atoms with Crippen molar-refractivity contribution in [1.82, 2.24) is 20.0 Å². The number of carbonyl (C=O) groups is 1. The molecule has 3 aromatic rings. The summed E-state index contributed by atoms with van der Waals surface area (Å²) < 4.78 is 1.74. The van der Waals surface area contributed by atoms with Crippen LogP contribution in [0.3, 0.4) is 0 Å². The Hall–Kier alpha value is -2.54. The maximum atomic E-state index is 12.3.